The van der Waals surface area contributed by atoms with Crippen molar-refractivity contribution in [3.8, 4) is 0 Å². The minimum atomic E-state index is -3.11. The van der Waals surface area contributed by atoms with Gasteiger partial charge in [0, 0.05) is 5.56 Å². The van der Waals surface area contributed by atoms with Crippen molar-refractivity contribution in [2.75, 3.05) is 5.75 Å². The average molecular weight is 242 g/mol. The van der Waals surface area contributed by atoms with Gasteiger partial charge in [-0.1, -0.05) is 13.8 Å². The summed E-state index contributed by atoms with van der Waals surface area (Å²) in [4.78, 5) is 11.5. The van der Waals surface area contributed by atoms with E-state index >= 15 is 0 Å². The summed E-state index contributed by atoms with van der Waals surface area (Å²) in [5.41, 5.74) is 1.64. The standard InChI is InChI=1S/C10H14N2O3S/c1-6(2)9-7-3-4-16(14,15)5-8(7)10(13)12-11-9/h6H,3-5H2,1-2H3,(H,12,13). The van der Waals surface area contributed by atoms with Crippen molar-refractivity contribution in [2.24, 2.45) is 0 Å². The summed E-state index contributed by atoms with van der Waals surface area (Å²) >= 11 is 0. The van der Waals surface area contributed by atoms with Crippen LogP contribution in [0.5, 0.6) is 0 Å². The largest absolute Gasteiger partial charge is 0.268 e. The predicted molar refractivity (Wildman–Crippen MR) is 60.1 cm³/mol. The quantitative estimate of drug-likeness (QED) is 0.771. The SMILES string of the molecule is CC(C)c1n[nH]c(=O)c2c1CCS(=O)(=O)C2. The zero-order valence-electron chi connectivity index (χ0n) is 9.28. The number of fused-ring (bicyclic) bond motifs is 1. The van der Waals surface area contributed by atoms with Gasteiger partial charge in [0.15, 0.2) is 9.84 Å². The highest BCUT2D eigenvalue weighted by atomic mass is 32.2. The molecule has 16 heavy (non-hydrogen) atoms. The van der Waals surface area contributed by atoms with E-state index in [-0.39, 0.29) is 23.0 Å². The summed E-state index contributed by atoms with van der Waals surface area (Å²) in [6.07, 6.45) is 0.405. The van der Waals surface area contributed by atoms with Gasteiger partial charge in [0.05, 0.1) is 17.2 Å². The lowest BCUT2D eigenvalue weighted by atomic mass is 9.99. The average Bonchev–Trinajstić information content (AvgIpc) is 2.18. The van der Waals surface area contributed by atoms with Gasteiger partial charge < -0.3 is 0 Å². The molecule has 0 unspecified atom stereocenters. The number of sulfone groups is 1. The number of nitrogens with zero attached hydrogens (tertiary/aromatic N) is 1. The second-order valence-corrected chi connectivity index (χ2v) is 6.58. The second kappa shape index (κ2) is 3.69. The van der Waals surface area contributed by atoms with Gasteiger partial charge in [0.2, 0.25) is 0 Å². The molecule has 1 aliphatic rings. The summed E-state index contributed by atoms with van der Waals surface area (Å²) in [7, 11) is -3.11. The molecular weight excluding hydrogens is 228 g/mol. The van der Waals surface area contributed by atoms with Crippen molar-refractivity contribution >= 4 is 9.84 Å². The molecule has 5 nitrogen and oxygen atoms in total. The zero-order valence-corrected chi connectivity index (χ0v) is 10.1. The van der Waals surface area contributed by atoms with E-state index in [0.29, 0.717) is 12.0 Å². The Morgan fingerprint density at radius 1 is 1.31 bits per heavy atom. The molecule has 0 fully saturated rings. The number of aromatic nitrogens is 2. The molecule has 0 aromatic carbocycles. The Hall–Kier alpha value is -1.17. The lowest BCUT2D eigenvalue weighted by Gasteiger charge is -2.19. The van der Waals surface area contributed by atoms with Crippen LogP contribution < -0.4 is 5.56 Å². The number of rotatable bonds is 1. The maximum atomic E-state index is 11.5. The summed E-state index contributed by atoms with van der Waals surface area (Å²) in [6, 6.07) is 0. The molecule has 0 amide bonds. The minimum Gasteiger partial charge on any atom is -0.268 e. The highest BCUT2D eigenvalue weighted by Gasteiger charge is 2.27. The Morgan fingerprint density at radius 3 is 2.62 bits per heavy atom. The molecule has 1 aliphatic heterocycles. The van der Waals surface area contributed by atoms with Crippen LogP contribution in [0.3, 0.4) is 0 Å². The highest BCUT2D eigenvalue weighted by molar-refractivity contribution is 7.90. The predicted octanol–water partition coefficient (Wildman–Crippen LogP) is 0.364. The molecule has 0 saturated heterocycles. The van der Waals surface area contributed by atoms with Crippen molar-refractivity contribution in [2.45, 2.75) is 31.9 Å². The summed E-state index contributed by atoms with van der Waals surface area (Å²) in [5, 5.41) is 6.38. The van der Waals surface area contributed by atoms with Crippen LogP contribution >= 0.6 is 0 Å². The van der Waals surface area contributed by atoms with Crippen molar-refractivity contribution in [1.29, 1.82) is 0 Å². The van der Waals surface area contributed by atoms with Crippen LogP contribution in [0.1, 0.15) is 36.6 Å². The number of H-pyrrole nitrogens is 1. The van der Waals surface area contributed by atoms with E-state index in [1.54, 1.807) is 0 Å². The fraction of sp³-hybridized carbons (Fsp3) is 0.600. The fourth-order valence-corrected chi connectivity index (χ4v) is 3.40. The van der Waals surface area contributed by atoms with Crippen LogP contribution in [0, 0.1) is 0 Å². The minimum absolute atomic E-state index is 0.116. The molecule has 1 aromatic rings. The van der Waals surface area contributed by atoms with Gasteiger partial charge in [-0.15, -0.1) is 0 Å². The Balaban J connectivity index is 2.65. The van der Waals surface area contributed by atoms with Gasteiger partial charge in [-0.05, 0) is 17.9 Å². The maximum Gasteiger partial charge on any atom is 0.268 e. The highest BCUT2D eigenvalue weighted by Crippen LogP contribution is 2.23. The van der Waals surface area contributed by atoms with E-state index in [9.17, 15) is 13.2 Å². The topological polar surface area (TPSA) is 79.9 Å². The number of aromatic amines is 1. The molecule has 1 aromatic heterocycles. The van der Waals surface area contributed by atoms with Crippen LogP contribution in [-0.2, 0) is 22.0 Å². The van der Waals surface area contributed by atoms with E-state index in [0.717, 1.165) is 11.3 Å². The molecule has 0 atom stereocenters. The fourth-order valence-electron chi connectivity index (χ4n) is 2.00. The first-order chi connectivity index (χ1) is 7.41. The van der Waals surface area contributed by atoms with Crippen LogP contribution in [-0.4, -0.2) is 24.4 Å². The van der Waals surface area contributed by atoms with Crippen LogP contribution in [0.15, 0.2) is 4.79 Å². The first-order valence-electron chi connectivity index (χ1n) is 5.21. The monoisotopic (exact) mass is 242 g/mol. The normalized spacial score (nSPS) is 18.4. The zero-order chi connectivity index (χ0) is 11.9. The van der Waals surface area contributed by atoms with Crippen LogP contribution in [0.25, 0.3) is 0 Å². The summed E-state index contributed by atoms with van der Waals surface area (Å²) in [5.74, 6) is 0.150. The molecule has 0 radical (unpaired) electrons. The maximum absolute atomic E-state index is 11.5. The molecule has 0 spiro atoms. The Morgan fingerprint density at radius 2 is 2.00 bits per heavy atom. The van der Waals surface area contributed by atoms with Gasteiger partial charge in [0.25, 0.3) is 5.56 Å². The lowest BCUT2D eigenvalue weighted by molar-refractivity contribution is 0.589. The Bertz CT molecular complexity index is 572. The summed E-state index contributed by atoms with van der Waals surface area (Å²) in [6.45, 7) is 3.95. The van der Waals surface area contributed by atoms with Gasteiger partial charge in [-0.2, -0.15) is 5.10 Å². The smallest absolute Gasteiger partial charge is 0.268 e. The molecule has 6 heteroatoms. The van der Waals surface area contributed by atoms with Crippen molar-refractivity contribution < 1.29 is 8.42 Å². The third kappa shape index (κ3) is 1.89. The van der Waals surface area contributed by atoms with Gasteiger partial charge in [-0.25, -0.2) is 13.5 Å². The van der Waals surface area contributed by atoms with Gasteiger partial charge >= 0.3 is 0 Å². The van der Waals surface area contributed by atoms with Crippen LogP contribution in [0.2, 0.25) is 0 Å². The molecule has 1 N–H and O–H groups in total. The first kappa shape index (κ1) is 11.3. The molecule has 0 aliphatic carbocycles. The van der Waals surface area contributed by atoms with E-state index < -0.39 is 9.84 Å². The number of nitrogens with one attached hydrogen (secondary N) is 1. The lowest BCUT2D eigenvalue weighted by Crippen LogP contribution is -2.29. The van der Waals surface area contributed by atoms with Crippen molar-refractivity contribution in [3.05, 3.63) is 27.2 Å². The molecule has 2 heterocycles. The first-order valence-corrected chi connectivity index (χ1v) is 7.03. The third-order valence-corrected chi connectivity index (χ3v) is 4.35. The number of hydrogen-bond acceptors (Lipinski definition) is 4. The second-order valence-electron chi connectivity index (χ2n) is 4.39. The molecular formula is C10H14N2O3S. The number of hydrogen-bond donors (Lipinski definition) is 1. The van der Waals surface area contributed by atoms with E-state index in [2.05, 4.69) is 10.2 Å². The van der Waals surface area contributed by atoms with Gasteiger partial charge in [0.1, 0.15) is 0 Å². The van der Waals surface area contributed by atoms with E-state index in [1.165, 1.54) is 0 Å². The van der Waals surface area contributed by atoms with Gasteiger partial charge in [-0.3, -0.25) is 4.79 Å². The summed E-state index contributed by atoms with van der Waals surface area (Å²) < 4.78 is 22.9. The van der Waals surface area contributed by atoms with Crippen LogP contribution in [0.4, 0.5) is 0 Å². The van der Waals surface area contributed by atoms with E-state index in [4.69, 9.17) is 0 Å². The van der Waals surface area contributed by atoms with Crippen molar-refractivity contribution in [3.63, 3.8) is 0 Å². The molecule has 0 bridgehead atoms. The van der Waals surface area contributed by atoms with E-state index in [1.807, 2.05) is 13.8 Å². The molecule has 0 saturated carbocycles. The Kier molecular flexibility index (Phi) is 2.61. The third-order valence-electron chi connectivity index (χ3n) is 2.80. The molecule has 2 rings (SSSR count). The van der Waals surface area contributed by atoms with Crippen molar-refractivity contribution in [1.82, 2.24) is 10.2 Å². The molecule has 88 valence electrons. The Labute approximate surface area is 93.8 Å².